The van der Waals surface area contributed by atoms with Gasteiger partial charge >= 0.3 is 6.03 Å². The lowest BCUT2D eigenvalue weighted by Gasteiger charge is -2.21. The largest absolute Gasteiger partial charge is 0.325 e. The van der Waals surface area contributed by atoms with E-state index in [9.17, 15) is 19.7 Å². The minimum Gasteiger partial charge on any atom is -0.319 e. The first-order valence-corrected chi connectivity index (χ1v) is 9.51. The maximum absolute atomic E-state index is 13.0. The zero-order valence-corrected chi connectivity index (χ0v) is 16.0. The van der Waals surface area contributed by atoms with Gasteiger partial charge in [-0.05, 0) is 24.6 Å². The molecule has 1 saturated heterocycles. The van der Waals surface area contributed by atoms with Crippen molar-refractivity contribution < 1.29 is 14.5 Å². The molecule has 3 aromatic rings. The van der Waals surface area contributed by atoms with Crippen molar-refractivity contribution in [2.75, 3.05) is 0 Å². The number of nitrogens with zero attached hydrogens (tertiary/aromatic N) is 4. The van der Waals surface area contributed by atoms with Gasteiger partial charge in [-0.2, -0.15) is 0 Å². The van der Waals surface area contributed by atoms with Crippen LogP contribution in [-0.2, 0) is 16.9 Å². The molecule has 4 rings (SSSR count). The second-order valence-electron chi connectivity index (χ2n) is 6.61. The van der Waals surface area contributed by atoms with Gasteiger partial charge in [0, 0.05) is 23.7 Å². The molecule has 9 nitrogen and oxygen atoms in total. The number of rotatable bonds is 5. The topological polar surface area (TPSA) is 118 Å². The predicted molar refractivity (Wildman–Crippen MR) is 105 cm³/mol. The highest BCUT2D eigenvalue weighted by atomic mass is 32.1. The van der Waals surface area contributed by atoms with Gasteiger partial charge < -0.3 is 5.32 Å². The minimum absolute atomic E-state index is 0.00147. The monoisotopic (exact) mass is 409 g/mol. The van der Waals surface area contributed by atoms with Crippen molar-refractivity contribution in [2.24, 2.45) is 0 Å². The number of nitro benzene ring substituents is 1. The van der Waals surface area contributed by atoms with Crippen LogP contribution in [0.3, 0.4) is 0 Å². The summed E-state index contributed by atoms with van der Waals surface area (Å²) < 4.78 is 0. The molecule has 1 fully saturated rings. The fraction of sp³-hybridized carbons (Fsp3) is 0.158. The third-order valence-electron chi connectivity index (χ3n) is 4.67. The third kappa shape index (κ3) is 3.34. The number of thiazole rings is 1. The van der Waals surface area contributed by atoms with E-state index in [1.54, 1.807) is 23.7 Å². The van der Waals surface area contributed by atoms with Gasteiger partial charge in [0.05, 0.1) is 22.9 Å². The minimum atomic E-state index is -1.39. The molecule has 0 saturated carbocycles. The number of amides is 3. The van der Waals surface area contributed by atoms with Crippen LogP contribution in [0, 0.1) is 10.1 Å². The molecule has 1 unspecified atom stereocenters. The zero-order valence-electron chi connectivity index (χ0n) is 15.2. The van der Waals surface area contributed by atoms with Gasteiger partial charge in [0.2, 0.25) is 0 Å². The number of carbonyl (C=O) groups is 2. The van der Waals surface area contributed by atoms with Crippen LogP contribution in [0.4, 0.5) is 10.5 Å². The lowest BCUT2D eigenvalue weighted by molar-refractivity contribution is -0.385. The summed E-state index contributed by atoms with van der Waals surface area (Å²) in [6.45, 7) is 1.53. The first-order chi connectivity index (χ1) is 13.9. The van der Waals surface area contributed by atoms with Crippen LogP contribution in [0.5, 0.6) is 0 Å². The second kappa shape index (κ2) is 7.06. The van der Waals surface area contributed by atoms with E-state index in [0.717, 1.165) is 4.90 Å². The van der Waals surface area contributed by atoms with Crippen LogP contribution in [0.15, 0.2) is 54.0 Å². The Labute approximate surface area is 169 Å². The van der Waals surface area contributed by atoms with Crippen molar-refractivity contribution in [3.05, 3.63) is 75.4 Å². The van der Waals surface area contributed by atoms with Crippen LogP contribution in [0.1, 0.15) is 18.2 Å². The van der Waals surface area contributed by atoms with E-state index in [-0.39, 0.29) is 12.2 Å². The van der Waals surface area contributed by atoms with Gasteiger partial charge in [0.1, 0.15) is 10.5 Å². The fourth-order valence-electron chi connectivity index (χ4n) is 3.12. The Kier molecular flexibility index (Phi) is 4.55. The molecular weight excluding hydrogens is 394 g/mol. The highest BCUT2D eigenvalue weighted by Crippen LogP contribution is 2.32. The Balaban J connectivity index is 1.58. The molecule has 2 aromatic heterocycles. The van der Waals surface area contributed by atoms with E-state index >= 15 is 0 Å². The predicted octanol–water partition coefficient (Wildman–Crippen LogP) is 3.08. The molecule has 1 N–H and O–H groups in total. The molecule has 0 spiro atoms. The van der Waals surface area contributed by atoms with Gasteiger partial charge in [-0.25, -0.2) is 9.78 Å². The van der Waals surface area contributed by atoms with Gasteiger partial charge in [0.15, 0.2) is 0 Å². The number of nitrogens with one attached hydrogen (secondary N) is 1. The molecule has 1 aromatic carbocycles. The normalized spacial score (nSPS) is 18.7. The number of urea groups is 1. The van der Waals surface area contributed by atoms with Crippen LogP contribution >= 0.6 is 11.3 Å². The number of hydrogen-bond acceptors (Lipinski definition) is 7. The molecule has 146 valence electrons. The molecule has 29 heavy (non-hydrogen) atoms. The molecule has 0 aliphatic carbocycles. The summed E-state index contributed by atoms with van der Waals surface area (Å²) in [4.78, 5) is 45.8. The van der Waals surface area contributed by atoms with E-state index in [1.165, 1.54) is 36.5 Å². The molecule has 0 bridgehead atoms. The summed E-state index contributed by atoms with van der Waals surface area (Å²) in [6, 6.07) is 10.6. The molecule has 10 heteroatoms. The summed E-state index contributed by atoms with van der Waals surface area (Å²) in [7, 11) is 0. The number of pyridine rings is 1. The van der Waals surface area contributed by atoms with Crippen LogP contribution in [0.25, 0.3) is 10.7 Å². The second-order valence-corrected chi connectivity index (χ2v) is 7.47. The number of carbonyl (C=O) groups excluding carboxylic acids is 2. The third-order valence-corrected chi connectivity index (χ3v) is 5.58. The van der Waals surface area contributed by atoms with Gasteiger partial charge in [0.25, 0.3) is 11.6 Å². The SMILES string of the molecule is CC1(c2cccc([N+](=O)[O-])c2)NC(=O)N(Cc2csc(-c3ccccn3)n2)C1=O. The Morgan fingerprint density at radius 2 is 2.07 bits per heavy atom. The van der Waals surface area contributed by atoms with E-state index in [0.29, 0.717) is 22.0 Å². The van der Waals surface area contributed by atoms with Crippen LogP contribution in [-0.4, -0.2) is 31.7 Å². The number of aromatic nitrogens is 2. The summed E-state index contributed by atoms with van der Waals surface area (Å²) in [5.41, 5.74) is 0.0803. The Morgan fingerprint density at radius 3 is 2.79 bits per heavy atom. The lowest BCUT2D eigenvalue weighted by atomic mass is 9.91. The zero-order chi connectivity index (χ0) is 20.6. The summed E-state index contributed by atoms with van der Waals surface area (Å²) in [6.07, 6.45) is 1.67. The van der Waals surface area contributed by atoms with E-state index in [4.69, 9.17) is 0 Å². The van der Waals surface area contributed by atoms with Crippen molar-refractivity contribution in [3.8, 4) is 10.7 Å². The van der Waals surface area contributed by atoms with Gasteiger partial charge in [-0.1, -0.05) is 18.2 Å². The number of benzene rings is 1. The standard InChI is InChI=1S/C19H15N5O4S/c1-19(12-5-4-6-14(9-12)24(27)28)17(25)23(18(26)22-19)10-13-11-29-16(21-13)15-7-2-3-8-20-15/h2-9,11H,10H2,1H3,(H,22,26). The Hall–Kier alpha value is -3.66. The lowest BCUT2D eigenvalue weighted by Crippen LogP contribution is -2.40. The Morgan fingerprint density at radius 1 is 1.24 bits per heavy atom. The van der Waals surface area contributed by atoms with Crippen molar-refractivity contribution >= 4 is 29.0 Å². The molecule has 0 radical (unpaired) electrons. The van der Waals surface area contributed by atoms with Crippen LogP contribution < -0.4 is 5.32 Å². The van der Waals surface area contributed by atoms with Crippen molar-refractivity contribution in [3.63, 3.8) is 0 Å². The highest BCUT2D eigenvalue weighted by Gasteiger charge is 2.49. The molecule has 3 amide bonds. The highest BCUT2D eigenvalue weighted by molar-refractivity contribution is 7.13. The molecular formula is C19H15N5O4S. The van der Waals surface area contributed by atoms with E-state index in [2.05, 4.69) is 15.3 Å². The number of nitro groups is 1. The summed E-state index contributed by atoms with van der Waals surface area (Å²) in [5, 5.41) is 16.2. The van der Waals surface area contributed by atoms with E-state index < -0.39 is 22.4 Å². The molecule has 1 atom stereocenters. The smallest absolute Gasteiger partial charge is 0.319 e. The van der Waals surface area contributed by atoms with Crippen molar-refractivity contribution in [1.82, 2.24) is 20.2 Å². The summed E-state index contributed by atoms with van der Waals surface area (Å²) in [5.74, 6) is -0.490. The molecule has 3 heterocycles. The average Bonchev–Trinajstić information content (AvgIpc) is 3.28. The average molecular weight is 409 g/mol. The Bertz CT molecular complexity index is 1120. The number of imide groups is 1. The first-order valence-electron chi connectivity index (χ1n) is 8.63. The quantitative estimate of drug-likeness (QED) is 0.393. The van der Waals surface area contributed by atoms with Gasteiger partial charge in [-0.15, -0.1) is 11.3 Å². The summed E-state index contributed by atoms with van der Waals surface area (Å²) >= 11 is 1.37. The number of non-ortho nitro benzene ring substituents is 1. The fourth-order valence-corrected chi connectivity index (χ4v) is 3.90. The molecule has 1 aliphatic rings. The molecule has 1 aliphatic heterocycles. The van der Waals surface area contributed by atoms with E-state index in [1.807, 2.05) is 12.1 Å². The van der Waals surface area contributed by atoms with Gasteiger partial charge in [-0.3, -0.25) is 24.8 Å². The maximum atomic E-state index is 13.0. The van der Waals surface area contributed by atoms with Crippen molar-refractivity contribution in [1.29, 1.82) is 0 Å². The van der Waals surface area contributed by atoms with Crippen LogP contribution in [0.2, 0.25) is 0 Å². The first kappa shape index (κ1) is 18.7. The maximum Gasteiger partial charge on any atom is 0.325 e. The van der Waals surface area contributed by atoms with Crippen molar-refractivity contribution in [2.45, 2.75) is 19.0 Å². The number of hydrogen-bond donors (Lipinski definition) is 1.